The van der Waals surface area contributed by atoms with Crippen LogP contribution in [0.5, 0.6) is 0 Å². The molecule has 0 unspecified atom stereocenters. The van der Waals surface area contributed by atoms with Gasteiger partial charge in [-0.15, -0.1) is 0 Å². The zero-order chi connectivity index (χ0) is 13.8. The van der Waals surface area contributed by atoms with Crippen LogP contribution < -0.4 is 10.6 Å². The van der Waals surface area contributed by atoms with Crippen molar-refractivity contribution in [2.75, 3.05) is 17.7 Å². The summed E-state index contributed by atoms with van der Waals surface area (Å²) in [6.45, 7) is 0. The van der Waals surface area contributed by atoms with Gasteiger partial charge in [0.2, 0.25) is 0 Å². The number of nitrogens with one attached hydrogen (secondary N) is 2. The van der Waals surface area contributed by atoms with Crippen LogP contribution in [0.25, 0.3) is 0 Å². The first-order valence-corrected chi connectivity index (χ1v) is 5.50. The highest BCUT2D eigenvalue weighted by Gasteiger charge is 2.08. The number of carbonyl (C=O) groups excluding carboxylic acids is 1. The minimum atomic E-state index is -0.751. The fourth-order valence-corrected chi connectivity index (χ4v) is 1.51. The lowest BCUT2D eigenvalue weighted by atomic mass is 10.2. The smallest absolute Gasteiger partial charge is 0.257 e. The summed E-state index contributed by atoms with van der Waals surface area (Å²) in [7, 11) is 1.71. The Balaban J connectivity index is 2.15. The summed E-state index contributed by atoms with van der Waals surface area (Å²) in [6, 6.07) is 6.00. The molecule has 0 atom stereocenters. The molecule has 2 N–H and O–H groups in total. The number of hydrogen-bond donors (Lipinski definition) is 2. The van der Waals surface area contributed by atoms with E-state index < -0.39 is 17.5 Å². The number of rotatable bonds is 3. The van der Waals surface area contributed by atoms with Gasteiger partial charge in [-0.25, -0.2) is 13.8 Å². The summed E-state index contributed by atoms with van der Waals surface area (Å²) in [5, 5.41) is 5.21. The highest BCUT2D eigenvalue weighted by atomic mass is 19.1. The molecule has 0 aliphatic rings. The van der Waals surface area contributed by atoms with Crippen molar-refractivity contribution in [1.82, 2.24) is 4.98 Å². The molecule has 0 radical (unpaired) electrons. The van der Waals surface area contributed by atoms with E-state index in [4.69, 9.17) is 0 Å². The van der Waals surface area contributed by atoms with E-state index in [0.717, 1.165) is 18.2 Å². The van der Waals surface area contributed by atoms with E-state index in [0.29, 0.717) is 11.4 Å². The molecule has 0 bridgehead atoms. The third kappa shape index (κ3) is 3.25. The maximum absolute atomic E-state index is 13.0. The molecule has 0 saturated heterocycles. The van der Waals surface area contributed by atoms with Crippen LogP contribution >= 0.6 is 0 Å². The van der Waals surface area contributed by atoms with Gasteiger partial charge in [0.05, 0.1) is 5.56 Å². The number of benzene rings is 1. The number of amides is 1. The Hall–Kier alpha value is -2.50. The lowest BCUT2D eigenvalue weighted by Crippen LogP contribution is -2.12. The van der Waals surface area contributed by atoms with Gasteiger partial charge in [0.1, 0.15) is 17.5 Å². The third-order valence-corrected chi connectivity index (χ3v) is 2.40. The zero-order valence-electron chi connectivity index (χ0n) is 10.1. The third-order valence-electron chi connectivity index (χ3n) is 2.40. The van der Waals surface area contributed by atoms with Crippen molar-refractivity contribution in [2.45, 2.75) is 0 Å². The molecule has 0 aliphatic carbocycles. The lowest BCUT2D eigenvalue weighted by Gasteiger charge is -2.06. The predicted octanol–water partition coefficient (Wildman–Crippen LogP) is 2.65. The second-order valence-corrected chi connectivity index (χ2v) is 3.79. The van der Waals surface area contributed by atoms with Crippen molar-refractivity contribution in [2.24, 2.45) is 0 Å². The fourth-order valence-electron chi connectivity index (χ4n) is 1.51. The minimum Gasteiger partial charge on any atom is -0.373 e. The summed E-state index contributed by atoms with van der Waals surface area (Å²) < 4.78 is 25.9. The van der Waals surface area contributed by atoms with Crippen molar-refractivity contribution in [1.29, 1.82) is 0 Å². The molecule has 2 aromatic rings. The summed E-state index contributed by atoms with van der Waals surface area (Å²) in [4.78, 5) is 15.8. The molecule has 1 aromatic carbocycles. The van der Waals surface area contributed by atoms with Gasteiger partial charge >= 0.3 is 0 Å². The number of hydrogen-bond acceptors (Lipinski definition) is 3. The first-order chi connectivity index (χ1) is 9.08. The number of aromatic nitrogens is 1. The lowest BCUT2D eigenvalue weighted by molar-refractivity contribution is 0.102. The van der Waals surface area contributed by atoms with Gasteiger partial charge in [0.25, 0.3) is 5.91 Å². The number of halogens is 2. The van der Waals surface area contributed by atoms with E-state index in [2.05, 4.69) is 15.6 Å². The van der Waals surface area contributed by atoms with Crippen LogP contribution in [0, 0.1) is 11.6 Å². The Morgan fingerprint density at radius 3 is 2.37 bits per heavy atom. The summed E-state index contributed by atoms with van der Waals surface area (Å²) in [5.74, 6) is -1.37. The van der Waals surface area contributed by atoms with E-state index >= 15 is 0 Å². The highest BCUT2D eigenvalue weighted by Crippen LogP contribution is 2.14. The summed E-state index contributed by atoms with van der Waals surface area (Å²) >= 11 is 0. The van der Waals surface area contributed by atoms with Crippen LogP contribution in [0.3, 0.4) is 0 Å². The molecule has 0 spiro atoms. The molecule has 6 heteroatoms. The van der Waals surface area contributed by atoms with Crippen LogP contribution in [0.2, 0.25) is 0 Å². The van der Waals surface area contributed by atoms with Gasteiger partial charge < -0.3 is 10.6 Å². The van der Waals surface area contributed by atoms with E-state index in [1.54, 1.807) is 19.2 Å². The number of nitrogens with zero attached hydrogens (tertiary/aromatic N) is 1. The Morgan fingerprint density at radius 2 is 1.84 bits per heavy atom. The Morgan fingerprint density at radius 1 is 1.16 bits per heavy atom. The highest BCUT2D eigenvalue weighted by molar-refractivity contribution is 6.04. The van der Waals surface area contributed by atoms with Crippen molar-refractivity contribution in [3.8, 4) is 0 Å². The molecule has 98 valence electrons. The quantitative estimate of drug-likeness (QED) is 0.895. The Kier molecular flexibility index (Phi) is 3.70. The standard InChI is InChI=1S/C13H11F2N3O/c1-16-12-3-2-8(7-17-12)13(19)18-11-5-9(14)4-10(15)6-11/h2-7H,1H3,(H,16,17)(H,18,19). The van der Waals surface area contributed by atoms with Gasteiger partial charge in [0.15, 0.2) is 0 Å². The molecule has 1 aromatic heterocycles. The van der Waals surface area contributed by atoms with Crippen molar-refractivity contribution >= 4 is 17.4 Å². The maximum Gasteiger partial charge on any atom is 0.257 e. The zero-order valence-corrected chi connectivity index (χ0v) is 10.1. The van der Waals surface area contributed by atoms with E-state index in [9.17, 15) is 13.6 Å². The van der Waals surface area contributed by atoms with E-state index in [-0.39, 0.29) is 5.69 Å². The van der Waals surface area contributed by atoms with Crippen molar-refractivity contribution in [3.63, 3.8) is 0 Å². The van der Waals surface area contributed by atoms with Gasteiger partial charge in [0, 0.05) is 25.0 Å². The topological polar surface area (TPSA) is 54.0 Å². The van der Waals surface area contributed by atoms with Gasteiger partial charge in [-0.3, -0.25) is 4.79 Å². The van der Waals surface area contributed by atoms with Gasteiger partial charge in [-0.1, -0.05) is 0 Å². The molecule has 19 heavy (non-hydrogen) atoms. The Labute approximate surface area is 108 Å². The molecular weight excluding hydrogens is 252 g/mol. The SMILES string of the molecule is CNc1ccc(C(=O)Nc2cc(F)cc(F)c2)cn1. The predicted molar refractivity (Wildman–Crippen MR) is 68.1 cm³/mol. The van der Waals surface area contributed by atoms with Crippen LogP contribution in [0.1, 0.15) is 10.4 Å². The molecule has 0 aliphatic heterocycles. The molecule has 1 heterocycles. The van der Waals surface area contributed by atoms with Gasteiger partial charge in [-0.2, -0.15) is 0 Å². The summed E-state index contributed by atoms with van der Waals surface area (Å²) in [5.41, 5.74) is 0.351. The molecule has 4 nitrogen and oxygen atoms in total. The van der Waals surface area contributed by atoms with Crippen LogP contribution in [0.4, 0.5) is 20.3 Å². The number of pyridine rings is 1. The second-order valence-electron chi connectivity index (χ2n) is 3.79. The molecule has 1 amide bonds. The normalized spacial score (nSPS) is 10.1. The molecule has 0 fully saturated rings. The monoisotopic (exact) mass is 263 g/mol. The second kappa shape index (κ2) is 5.43. The first kappa shape index (κ1) is 12.9. The van der Waals surface area contributed by atoms with Crippen molar-refractivity contribution in [3.05, 3.63) is 53.7 Å². The van der Waals surface area contributed by atoms with Crippen LogP contribution in [-0.4, -0.2) is 17.9 Å². The Bertz CT molecular complexity index is 579. The minimum absolute atomic E-state index is 0.0557. The van der Waals surface area contributed by atoms with Crippen LogP contribution in [0.15, 0.2) is 36.5 Å². The average molecular weight is 263 g/mol. The average Bonchev–Trinajstić information content (AvgIpc) is 2.37. The largest absolute Gasteiger partial charge is 0.373 e. The fraction of sp³-hybridized carbons (Fsp3) is 0.0769. The van der Waals surface area contributed by atoms with Crippen LogP contribution in [-0.2, 0) is 0 Å². The molecular formula is C13H11F2N3O. The summed E-state index contributed by atoms with van der Waals surface area (Å²) in [6.07, 6.45) is 1.37. The first-order valence-electron chi connectivity index (χ1n) is 5.50. The maximum atomic E-state index is 13.0. The van der Waals surface area contributed by atoms with E-state index in [1.807, 2.05) is 0 Å². The van der Waals surface area contributed by atoms with Gasteiger partial charge in [-0.05, 0) is 24.3 Å². The molecule has 2 rings (SSSR count). The van der Waals surface area contributed by atoms with Crippen molar-refractivity contribution < 1.29 is 13.6 Å². The van der Waals surface area contributed by atoms with E-state index in [1.165, 1.54) is 6.20 Å². The number of carbonyl (C=O) groups is 1. The number of anilines is 2. The molecule has 0 saturated carbocycles.